The summed E-state index contributed by atoms with van der Waals surface area (Å²) in [7, 11) is 0. The van der Waals surface area contributed by atoms with E-state index in [4.69, 9.17) is 5.11 Å². The van der Waals surface area contributed by atoms with Gasteiger partial charge in [0.25, 0.3) is 5.91 Å². The molecule has 0 fully saturated rings. The summed E-state index contributed by atoms with van der Waals surface area (Å²) >= 11 is 0. The number of benzene rings is 2. The molecule has 0 aromatic heterocycles. The van der Waals surface area contributed by atoms with Gasteiger partial charge in [-0.05, 0) is 23.1 Å². The first-order chi connectivity index (χ1) is 16.5. The number of rotatable bonds is 11. The van der Waals surface area contributed by atoms with Crippen molar-refractivity contribution < 1.29 is 29.1 Å². The van der Waals surface area contributed by atoms with E-state index in [9.17, 15) is 24.0 Å². The summed E-state index contributed by atoms with van der Waals surface area (Å²) < 4.78 is 0. The highest BCUT2D eigenvalue weighted by Crippen LogP contribution is 2.23. The maximum Gasteiger partial charge on any atom is 0.305 e. The summed E-state index contributed by atoms with van der Waals surface area (Å²) in [4.78, 5) is 62.6. The molecule has 0 radical (unpaired) electrons. The molecule has 2 rings (SSSR count). The maximum atomic E-state index is 13.7. The van der Waals surface area contributed by atoms with Gasteiger partial charge in [0.15, 0.2) is 0 Å². The molecule has 0 aliphatic rings. The molecule has 0 saturated carbocycles. The minimum absolute atomic E-state index is 0.0750. The van der Waals surface area contributed by atoms with Crippen LogP contribution in [0.4, 0.5) is 0 Å². The normalized spacial score (nSPS) is 12.7. The van der Waals surface area contributed by atoms with Crippen molar-refractivity contribution in [2.75, 3.05) is 6.54 Å². The van der Waals surface area contributed by atoms with Crippen LogP contribution in [-0.2, 0) is 25.7 Å². The van der Waals surface area contributed by atoms with Crippen molar-refractivity contribution in [2.24, 2.45) is 5.41 Å². The predicted octanol–water partition coefficient (Wildman–Crippen LogP) is 2.02. The minimum Gasteiger partial charge on any atom is -0.481 e. The fourth-order valence-electron chi connectivity index (χ4n) is 3.40. The van der Waals surface area contributed by atoms with E-state index >= 15 is 0 Å². The van der Waals surface area contributed by atoms with E-state index < -0.39 is 54.2 Å². The highest BCUT2D eigenvalue weighted by Gasteiger charge is 2.36. The molecule has 0 aliphatic carbocycles. The third-order valence-electron chi connectivity index (χ3n) is 5.19. The lowest BCUT2D eigenvalue weighted by Gasteiger charge is -2.35. The molecule has 0 aliphatic heterocycles. The van der Waals surface area contributed by atoms with Crippen molar-refractivity contribution in [2.45, 2.75) is 45.8 Å². The van der Waals surface area contributed by atoms with Crippen LogP contribution in [0.1, 0.15) is 43.1 Å². The van der Waals surface area contributed by atoms with Crippen LogP contribution in [0, 0.1) is 5.41 Å². The molecule has 0 bridgehead atoms. The number of carbonyl (C=O) groups excluding carboxylic acids is 4. The fourth-order valence-corrected chi connectivity index (χ4v) is 3.40. The SMILES string of the molecule is CC(C)(C)[C@H](NC(=O)c1ccccc1)C(=O)N(CC(=O)N[C@H](C=O)CC(=O)O)Cc1ccccc1. The molecule has 3 N–H and O–H groups in total. The zero-order valence-corrected chi connectivity index (χ0v) is 20.1. The monoisotopic (exact) mass is 481 g/mol. The van der Waals surface area contributed by atoms with Crippen LogP contribution in [-0.4, -0.2) is 58.6 Å². The van der Waals surface area contributed by atoms with Crippen LogP contribution in [0.3, 0.4) is 0 Å². The molecule has 35 heavy (non-hydrogen) atoms. The summed E-state index contributed by atoms with van der Waals surface area (Å²) in [5, 5.41) is 14.1. The quantitative estimate of drug-likeness (QED) is 0.421. The van der Waals surface area contributed by atoms with Gasteiger partial charge in [-0.1, -0.05) is 69.3 Å². The molecule has 3 amide bonds. The predicted molar refractivity (Wildman–Crippen MR) is 129 cm³/mol. The van der Waals surface area contributed by atoms with Crippen molar-refractivity contribution in [1.29, 1.82) is 0 Å². The van der Waals surface area contributed by atoms with E-state index in [0.29, 0.717) is 11.8 Å². The van der Waals surface area contributed by atoms with Crippen molar-refractivity contribution in [3.8, 4) is 0 Å². The van der Waals surface area contributed by atoms with E-state index in [1.165, 1.54) is 4.90 Å². The van der Waals surface area contributed by atoms with E-state index in [0.717, 1.165) is 5.56 Å². The molecule has 2 atom stereocenters. The third kappa shape index (κ3) is 8.69. The Morgan fingerprint density at radius 1 is 0.943 bits per heavy atom. The van der Waals surface area contributed by atoms with Gasteiger partial charge in [0.05, 0.1) is 19.0 Å². The van der Waals surface area contributed by atoms with Crippen LogP contribution in [0.2, 0.25) is 0 Å². The summed E-state index contributed by atoms with van der Waals surface area (Å²) in [6.45, 7) is 5.06. The van der Waals surface area contributed by atoms with Gasteiger partial charge >= 0.3 is 5.97 Å². The molecule has 2 aromatic rings. The number of nitrogens with zero attached hydrogens (tertiary/aromatic N) is 1. The van der Waals surface area contributed by atoms with Gasteiger partial charge < -0.3 is 25.4 Å². The molecule has 0 spiro atoms. The van der Waals surface area contributed by atoms with Crippen molar-refractivity contribution >= 4 is 30.0 Å². The molecule has 0 saturated heterocycles. The zero-order valence-electron chi connectivity index (χ0n) is 20.1. The number of carbonyl (C=O) groups is 5. The topological polar surface area (TPSA) is 133 Å². The summed E-state index contributed by atoms with van der Waals surface area (Å²) in [6, 6.07) is 15.3. The Hall–Kier alpha value is -4.01. The average molecular weight is 482 g/mol. The second kappa shape index (κ2) is 12.5. The van der Waals surface area contributed by atoms with Crippen LogP contribution < -0.4 is 10.6 Å². The van der Waals surface area contributed by atoms with Crippen LogP contribution in [0.5, 0.6) is 0 Å². The lowest BCUT2D eigenvalue weighted by molar-refractivity contribution is -0.142. The Bertz CT molecular complexity index is 1030. The number of carboxylic acids is 1. The molecule has 2 aromatic carbocycles. The molecule has 0 heterocycles. The van der Waals surface area contributed by atoms with Gasteiger partial charge in [0, 0.05) is 12.1 Å². The van der Waals surface area contributed by atoms with Gasteiger partial charge in [-0.15, -0.1) is 0 Å². The number of hydrogen-bond acceptors (Lipinski definition) is 5. The van der Waals surface area contributed by atoms with Crippen molar-refractivity contribution in [3.05, 3.63) is 71.8 Å². The highest BCUT2D eigenvalue weighted by molar-refractivity contribution is 5.98. The fraction of sp³-hybridized carbons (Fsp3) is 0.346. The summed E-state index contributed by atoms with van der Waals surface area (Å²) in [5.41, 5.74) is 0.458. The second-order valence-corrected chi connectivity index (χ2v) is 9.23. The summed E-state index contributed by atoms with van der Waals surface area (Å²) in [6.07, 6.45) is -0.229. The third-order valence-corrected chi connectivity index (χ3v) is 5.19. The largest absolute Gasteiger partial charge is 0.481 e. The number of aliphatic carboxylic acids is 1. The Labute approximate surface area is 204 Å². The summed E-state index contributed by atoms with van der Waals surface area (Å²) in [5.74, 6) is -2.84. The highest BCUT2D eigenvalue weighted by atomic mass is 16.4. The van der Waals surface area contributed by atoms with E-state index in [1.54, 1.807) is 75.4 Å². The zero-order chi connectivity index (χ0) is 26.0. The Morgan fingerprint density at radius 3 is 2.03 bits per heavy atom. The Kier molecular flexibility index (Phi) is 9.69. The van der Waals surface area contributed by atoms with Gasteiger partial charge in [-0.3, -0.25) is 19.2 Å². The average Bonchev–Trinajstić information content (AvgIpc) is 2.81. The van der Waals surface area contributed by atoms with Gasteiger partial charge in [-0.2, -0.15) is 0 Å². The molecule has 9 nitrogen and oxygen atoms in total. The smallest absolute Gasteiger partial charge is 0.305 e. The van der Waals surface area contributed by atoms with Crippen LogP contribution >= 0.6 is 0 Å². The van der Waals surface area contributed by atoms with E-state index in [1.807, 2.05) is 6.07 Å². The van der Waals surface area contributed by atoms with Crippen molar-refractivity contribution in [1.82, 2.24) is 15.5 Å². The number of hydrogen-bond donors (Lipinski definition) is 3. The van der Waals surface area contributed by atoms with E-state index in [-0.39, 0.29) is 6.54 Å². The van der Waals surface area contributed by atoms with Gasteiger partial charge in [0.2, 0.25) is 11.8 Å². The number of aldehydes is 1. The number of amides is 3. The molecule has 9 heteroatoms. The molecule has 0 unspecified atom stereocenters. The van der Waals surface area contributed by atoms with Crippen LogP contribution in [0.25, 0.3) is 0 Å². The number of nitrogens with one attached hydrogen (secondary N) is 2. The van der Waals surface area contributed by atoms with Crippen molar-refractivity contribution in [3.63, 3.8) is 0 Å². The Morgan fingerprint density at radius 2 is 1.51 bits per heavy atom. The number of carboxylic acid groups (broad SMARTS) is 1. The van der Waals surface area contributed by atoms with E-state index in [2.05, 4.69) is 10.6 Å². The van der Waals surface area contributed by atoms with Crippen LogP contribution in [0.15, 0.2) is 60.7 Å². The second-order valence-electron chi connectivity index (χ2n) is 9.23. The first kappa shape index (κ1) is 27.2. The lowest BCUT2D eigenvalue weighted by atomic mass is 9.85. The van der Waals surface area contributed by atoms with Gasteiger partial charge in [0.1, 0.15) is 12.3 Å². The minimum atomic E-state index is -1.24. The molecule has 186 valence electrons. The lowest BCUT2D eigenvalue weighted by Crippen LogP contribution is -2.56. The first-order valence-electron chi connectivity index (χ1n) is 11.2. The van der Waals surface area contributed by atoms with Gasteiger partial charge in [-0.25, -0.2) is 0 Å². The standard InChI is InChI=1S/C26H31N3O6/c1-26(2,3)23(28-24(34)19-12-8-5-9-13-19)25(35)29(15-18-10-6-4-7-11-18)16-21(31)27-20(17-30)14-22(32)33/h4-13,17,20,23H,14-16H2,1-3H3,(H,27,31)(H,28,34)(H,32,33)/t20-,23+/m0/s1. The molecular weight excluding hydrogens is 450 g/mol. The Balaban J connectivity index is 2.29. The molecular formula is C26H31N3O6. The maximum absolute atomic E-state index is 13.7. The first-order valence-corrected chi connectivity index (χ1v) is 11.2.